The van der Waals surface area contributed by atoms with Crippen molar-refractivity contribution in [1.82, 2.24) is 10.6 Å². The van der Waals surface area contributed by atoms with Crippen LogP contribution >= 0.6 is 0 Å². The molecule has 1 amide bonds. The van der Waals surface area contributed by atoms with E-state index in [1.807, 2.05) is 0 Å². The predicted molar refractivity (Wildman–Crippen MR) is 69.8 cm³/mol. The molecule has 2 rings (SSSR count). The highest BCUT2D eigenvalue weighted by atomic mass is 16.1. The average Bonchev–Trinajstić information content (AvgIpc) is 2.90. The van der Waals surface area contributed by atoms with Crippen LogP contribution in [-0.4, -0.2) is 24.5 Å². The van der Waals surface area contributed by atoms with E-state index in [9.17, 15) is 4.79 Å². The molecule has 1 aliphatic carbocycles. The lowest BCUT2D eigenvalue weighted by molar-refractivity contribution is -0.122. The molecule has 17 heavy (non-hydrogen) atoms. The Morgan fingerprint density at radius 3 is 2.76 bits per heavy atom. The molecule has 3 nitrogen and oxygen atoms in total. The molecule has 0 aromatic carbocycles. The lowest BCUT2D eigenvalue weighted by Crippen LogP contribution is -2.40. The standard InChI is InChI=1S/C14H26N2O/c1-3-11-6-7-13(10(11)2)16-14(17)9-12-5-4-8-15-12/h10-13,15H,3-9H2,1-2H3,(H,16,17). The van der Waals surface area contributed by atoms with E-state index in [1.54, 1.807) is 0 Å². The van der Waals surface area contributed by atoms with Crippen LogP contribution in [0.2, 0.25) is 0 Å². The molecule has 4 atom stereocenters. The molecule has 4 unspecified atom stereocenters. The number of carbonyl (C=O) groups is 1. The van der Waals surface area contributed by atoms with Crippen molar-refractivity contribution in [2.45, 2.75) is 64.5 Å². The van der Waals surface area contributed by atoms with Crippen molar-refractivity contribution in [3.8, 4) is 0 Å². The fourth-order valence-corrected chi connectivity index (χ4v) is 3.45. The van der Waals surface area contributed by atoms with Crippen LogP contribution in [0.15, 0.2) is 0 Å². The van der Waals surface area contributed by atoms with E-state index < -0.39 is 0 Å². The lowest BCUT2D eigenvalue weighted by Gasteiger charge is -2.21. The second kappa shape index (κ2) is 5.85. The first-order valence-corrected chi connectivity index (χ1v) is 7.23. The first-order valence-electron chi connectivity index (χ1n) is 7.23. The number of rotatable bonds is 4. The first-order chi connectivity index (χ1) is 8.20. The Bertz CT molecular complexity index is 261. The van der Waals surface area contributed by atoms with E-state index >= 15 is 0 Å². The van der Waals surface area contributed by atoms with Gasteiger partial charge in [-0.2, -0.15) is 0 Å². The van der Waals surface area contributed by atoms with E-state index in [2.05, 4.69) is 24.5 Å². The fraction of sp³-hybridized carbons (Fsp3) is 0.929. The number of amides is 1. The number of hydrogen-bond acceptors (Lipinski definition) is 2. The monoisotopic (exact) mass is 238 g/mol. The highest BCUT2D eigenvalue weighted by molar-refractivity contribution is 5.77. The van der Waals surface area contributed by atoms with Crippen molar-refractivity contribution in [3.05, 3.63) is 0 Å². The van der Waals surface area contributed by atoms with Gasteiger partial charge in [0, 0.05) is 18.5 Å². The van der Waals surface area contributed by atoms with Crippen LogP contribution in [0.3, 0.4) is 0 Å². The van der Waals surface area contributed by atoms with Crippen LogP contribution in [0.1, 0.15) is 52.4 Å². The normalized spacial score (nSPS) is 37.3. The number of carbonyl (C=O) groups excluding carboxylic acids is 1. The molecule has 0 bridgehead atoms. The molecule has 0 aromatic heterocycles. The molecular weight excluding hydrogens is 212 g/mol. The van der Waals surface area contributed by atoms with Crippen molar-refractivity contribution in [1.29, 1.82) is 0 Å². The number of nitrogens with one attached hydrogen (secondary N) is 2. The van der Waals surface area contributed by atoms with Crippen LogP contribution in [-0.2, 0) is 4.79 Å². The van der Waals surface area contributed by atoms with Gasteiger partial charge in [-0.3, -0.25) is 4.79 Å². The highest BCUT2D eigenvalue weighted by Gasteiger charge is 2.32. The van der Waals surface area contributed by atoms with Gasteiger partial charge in [-0.05, 0) is 44.1 Å². The summed E-state index contributed by atoms with van der Waals surface area (Å²) in [5.41, 5.74) is 0. The molecule has 0 radical (unpaired) electrons. The van der Waals surface area contributed by atoms with Gasteiger partial charge >= 0.3 is 0 Å². The molecule has 1 aliphatic heterocycles. The van der Waals surface area contributed by atoms with Crippen LogP contribution in [0, 0.1) is 11.8 Å². The maximum Gasteiger partial charge on any atom is 0.221 e. The van der Waals surface area contributed by atoms with Gasteiger partial charge in [0.2, 0.25) is 5.91 Å². The fourth-order valence-electron chi connectivity index (χ4n) is 3.45. The minimum absolute atomic E-state index is 0.248. The average molecular weight is 238 g/mol. The summed E-state index contributed by atoms with van der Waals surface area (Å²) in [7, 11) is 0. The molecule has 0 aromatic rings. The van der Waals surface area contributed by atoms with Gasteiger partial charge in [0.25, 0.3) is 0 Å². The highest BCUT2D eigenvalue weighted by Crippen LogP contribution is 2.33. The van der Waals surface area contributed by atoms with Crippen LogP contribution in [0.25, 0.3) is 0 Å². The van der Waals surface area contributed by atoms with Crippen molar-refractivity contribution < 1.29 is 4.79 Å². The zero-order chi connectivity index (χ0) is 12.3. The smallest absolute Gasteiger partial charge is 0.221 e. The summed E-state index contributed by atoms with van der Waals surface area (Å²) in [6.07, 6.45) is 6.74. The Labute approximate surface area is 105 Å². The van der Waals surface area contributed by atoms with Crippen molar-refractivity contribution in [3.63, 3.8) is 0 Å². The molecule has 0 spiro atoms. The van der Waals surface area contributed by atoms with Crippen molar-refractivity contribution in [2.24, 2.45) is 11.8 Å². The summed E-state index contributed by atoms with van der Waals surface area (Å²) < 4.78 is 0. The third-order valence-electron chi connectivity index (χ3n) is 4.69. The molecule has 2 N–H and O–H groups in total. The topological polar surface area (TPSA) is 41.1 Å². The molecule has 2 aliphatic rings. The van der Waals surface area contributed by atoms with E-state index in [4.69, 9.17) is 0 Å². The Kier molecular flexibility index (Phi) is 4.43. The Balaban J connectivity index is 1.74. The van der Waals surface area contributed by atoms with E-state index in [0.717, 1.165) is 18.9 Å². The predicted octanol–water partition coefficient (Wildman–Crippen LogP) is 2.07. The summed E-state index contributed by atoms with van der Waals surface area (Å²) in [6.45, 7) is 5.63. The molecule has 2 fully saturated rings. The third kappa shape index (κ3) is 3.21. The molecule has 98 valence electrons. The second-order valence-electron chi connectivity index (χ2n) is 5.78. The molecule has 1 heterocycles. The third-order valence-corrected chi connectivity index (χ3v) is 4.69. The van der Waals surface area contributed by atoms with E-state index in [0.29, 0.717) is 24.4 Å². The molecule has 1 saturated carbocycles. The van der Waals surface area contributed by atoms with Crippen LogP contribution in [0.4, 0.5) is 0 Å². The maximum absolute atomic E-state index is 11.9. The summed E-state index contributed by atoms with van der Waals surface area (Å²) in [5.74, 6) is 1.71. The Morgan fingerprint density at radius 2 is 2.18 bits per heavy atom. The summed E-state index contributed by atoms with van der Waals surface area (Å²) in [5, 5.41) is 6.62. The quantitative estimate of drug-likeness (QED) is 0.787. The van der Waals surface area contributed by atoms with Gasteiger partial charge < -0.3 is 10.6 Å². The zero-order valence-electron chi connectivity index (χ0n) is 11.2. The van der Waals surface area contributed by atoms with Gasteiger partial charge in [-0.1, -0.05) is 20.3 Å². The SMILES string of the molecule is CCC1CCC(NC(=O)CC2CCCN2)C1C. The van der Waals surface area contributed by atoms with Gasteiger partial charge in [0.05, 0.1) is 0 Å². The minimum atomic E-state index is 0.248. The lowest BCUT2D eigenvalue weighted by atomic mass is 9.93. The van der Waals surface area contributed by atoms with Crippen molar-refractivity contribution >= 4 is 5.91 Å². The summed E-state index contributed by atoms with van der Waals surface area (Å²) in [6, 6.07) is 0.850. The van der Waals surface area contributed by atoms with Crippen LogP contribution in [0.5, 0.6) is 0 Å². The van der Waals surface area contributed by atoms with Gasteiger partial charge in [0.15, 0.2) is 0 Å². The van der Waals surface area contributed by atoms with E-state index in [-0.39, 0.29) is 5.91 Å². The van der Waals surface area contributed by atoms with Crippen LogP contribution < -0.4 is 10.6 Å². The number of hydrogen-bond donors (Lipinski definition) is 2. The largest absolute Gasteiger partial charge is 0.353 e. The molecular formula is C14H26N2O. The van der Waals surface area contributed by atoms with Gasteiger partial charge in [-0.25, -0.2) is 0 Å². The Hall–Kier alpha value is -0.570. The second-order valence-corrected chi connectivity index (χ2v) is 5.78. The van der Waals surface area contributed by atoms with Gasteiger partial charge in [-0.15, -0.1) is 0 Å². The van der Waals surface area contributed by atoms with E-state index in [1.165, 1.54) is 25.7 Å². The van der Waals surface area contributed by atoms with Gasteiger partial charge in [0.1, 0.15) is 0 Å². The zero-order valence-corrected chi connectivity index (χ0v) is 11.2. The summed E-state index contributed by atoms with van der Waals surface area (Å²) >= 11 is 0. The summed E-state index contributed by atoms with van der Waals surface area (Å²) in [4.78, 5) is 11.9. The minimum Gasteiger partial charge on any atom is -0.353 e. The maximum atomic E-state index is 11.9. The van der Waals surface area contributed by atoms with Crippen molar-refractivity contribution in [2.75, 3.05) is 6.54 Å². The Morgan fingerprint density at radius 1 is 1.35 bits per heavy atom. The molecule has 3 heteroatoms. The first kappa shape index (κ1) is 12.9. The molecule has 1 saturated heterocycles.